The second-order valence-electron chi connectivity index (χ2n) is 10.7. The Balaban J connectivity index is 0.000000327. The van der Waals surface area contributed by atoms with Gasteiger partial charge in [0.05, 0.1) is 47.9 Å². The summed E-state index contributed by atoms with van der Waals surface area (Å²) >= 11 is 6.16. The number of aromatic nitrogens is 12. The van der Waals surface area contributed by atoms with E-state index in [9.17, 15) is 14.4 Å². The third kappa shape index (κ3) is 24.7. The minimum atomic E-state index is -0.872. The van der Waals surface area contributed by atoms with Crippen molar-refractivity contribution in [2.75, 3.05) is 0 Å². The molecule has 0 amide bonds. The van der Waals surface area contributed by atoms with Gasteiger partial charge in [0.15, 0.2) is 3.92 Å². The van der Waals surface area contributed by atoms with Crippen molar-refractivity contribution < 1.29 is 29.7 Å². The molecule has 3 N–H and O–H groups in total. The van der Waals surface area contributed by atoms with E-state index in [1.54, 1.807) is 54.1 Å². The third-order valence-corrected chi connectivity index (χ3v) is 7.79. The smallest absolute Gasteiger partial charge is 0.325 e. The number of carboxylic acids is 3. The first-order valence-electron chi connectivity index (χ1n) is 15.9. The summed E-state index contributed by atoms with van der Waals surface area (Å²) in [5, 5.41) is 50.6. The summed E-state index contributed by atoms with van der Waals surface area (Å²) in [6.07, 6.45) is 12.7. The van der Waals surface area contributed by atoms with E-state index >= 15 is 0 Å². The van der Waals surface area contributed by atoms with Crippen molar-refractivity contribution in [2.24, 2.45) is 0 Å². The van der Waals surface area contributed by atoms with Gasteiger partial charge in [-0.2, -0.15) is 10.2 Å². The largest absolute Gasteiger partial charge is 0.481 e. The van der Waals surface area contributed by atoms with Crippen molar-refractivity contribution in [3.8, 4) is 0 Å². The van der Waals surface area contributed by atoms with E-state index in [0.717, 1.165) is 47.4 Å². The highest BCUT2D eigenvalue weighted by atomic mass is 79.9. The number of nitrogens with zero attached hydrogens (tertiary/aromatic N) is 12. The van der Waals surface area contributed by atoms with Crippen molar-refractivity contribution in [1.82, 2.24) is 59.9 Å². The molecule has 6 heterocycles. The zero-order chi connectivity index (χ0) is 40.5. The van der Waals surface area contributed by atoms with Gasteiger partial charge in [-0.15, -0.1) is 31.7 Å². The predicted octanol–water partition coefficient (Wildman–Crippen LogP) is 5.29. The summed E-state index contributed by atoms with van der Waals surface area (Å²) in [7, 11) is 0. The molecule has 0 fully saturated rings. The highest BCUT2D eigenvalue weighted by Gasteiger charge is 2.03. The van der Waals surface area contributed by atoms with Crippen molar-refractivity contribution >= 4 is 56.5 Å². The van der Waals surface area contributed by atoms with Crippen LogP contribution in [-0.2, 0) is 33.9 Å². The molecule has 0 spiro atoms. The van der Waals surface area contributed by atoms with Crippen LogP contribution in [0.5, 0.6) is 0 Å². The maximum absolute atomic E-state index is 10.1. The maximum atomic E-state index is 10.1. The number of rotatable bonds is 8. The van der Waals surface area contributed by atoms with Crippen LogP contribution in [0.25, 0.3) is 0 Å². The van der Waals surface area contributed by atoms with Gasteiger partial charge in [-0.3, -0.25) is 43.7 Å². The highest BCUT2D eigenvalue weighted by molar-refractivity contribution is 9.11. The zero-order valence-corrected chi connectivity index (χ0v) is 34.1. The SMILES string of the molecule is Cc1ccn(CC(=O)O)n1.Cc1ccn(CCC(=O)O)n1.Cc1cnc(C)cn1.Cc1cnccn1.Cc1nnc(Br)s1.Cc1nnc(CCC(=O)O)s1. The molecule has 0 bridgehead atoms. The lowest BCUT2D eigenvalue weighted by molar-refractivity contribution is -0.138. The monoisotopic (exact) mass is 846 g/mol. The highest BCUT2D eigenvalue weighted by Crippen LogP contribution is 2.13. The van der Waals surface area contributed by atoms with Gasteiger partial charge in [-0.1, -0.05) is 11.3 Å². The molecule has 0 aliphatic rings. The molecule has 290 valence electrons. The standard InChI is InChI=1S/C7H10N2O2.C6H8N2O2S.C6H8N2O2.C6H8N2.C5H6N2.C3H3BrN2S/c1-6-2-4-9(8-6)5-3-7(10)11;1-4-7-8-5(11-4)2-3-6(9)10;1-5-2-3-8(7-5)4-6(9)10;1-5-3-8-6(2)4-7-5;1-5-4-6-2-3-7-5;1-2-5-6-3(4)7-2/h2,4H,3,5H2,1H3,(H,10,11);2-3H2,1H3,(H,9,10);2-3H,4H2,1H3,(H,9,10);3-4H,1-2H3;2-4H,1H3;1H3. The van der Waals surface area contributed by atoms with E-state index in [1.807, 2.05) is 54.5 Å². The number of aryl methyl sites for hydroxylation is 9. The lowest BCUT2D eigenvalue weighted by atomic mass is 10.3. The quantitative estimate of drug-likeness (QED) is 0.176. The molecular formula is C33H43BrN12O6S2. The number of carbonyl (C=O) groups is 3. The van der Waals surface area contributed by atoms with E-state index in [4.69, 9.17) is 15.3 Å². The summed E-state index contributed by atoms with van der Waals surface area (Å²) < 4.78 is 3.87. The summed E-state index contributed by atoms with van der Waals surface area (Å²) in [5.41, 5.74) is 4.64. The molecule has 0 atom stereocenters. The summed E-state index contributed by atoms with van der Waals surface area (Å²) in [6.45, 7) is 13.6. The Bertz CT molecular complexity index is 1860. The van der Waals surface area contributed by atoms with Crippen molar-refractivity contribution in [3.63, 3.8) is 0 Å². The second-order valence-corrected chi connectivity index (χ2v) is 14.5. The van der Waals surface area contributed by atoms with E-state index in [-0.39, 0.29) is 19.4 Å². The first-order valence-corrected chi connectivity index (χ1v) is 18.3. The normalized spacial score (nSPS) is 9.56. The Morgan fingerprint density at radius 1 is 0.630 bits per heavy atom. The molecule has 54 heavy (non-hydrogen) atoms. The van der Waals surface area contributed by atoms with Gasteiger partial charge in [0.1, 0.15) is 21.6 Å². The van der Waals surface area contributed by atoms with E-state index in [2.05, 4.69) is 66.5 Å². The third-order valence-electron chi connectivity index (χ3n) is 5.62. The molecule has 0 saturated carbocycles. The summed E-state index contributed by atoms with van der Waals surface area (Å²) in [5.74, 6) is -2.46. The van der Waals surface area contributed by atoms with Crippen LogP contribution >= 0.6 is 38.6 Å². The lowest BCUT2D eigenvalue weighted by Crippen LogP contribution is -2.08. The molecule has 6 aromatic heterocycles. The van der Waals surface area contributed by atoms with E-state index in [1.165, 1.54) is 27.4 Å². The minimum absolute atomic E-state index is 0.0617. The van der Waals surface area contributed by atoms with Crippen molar-refractivity contribution in [1.29, 1.82) is 0 Å². The molecule has 0 aliphatic heterocycles. The number of aliphatic carboxylic acids is 3. The minimum Gasteiger partial charge on any atom is -0.481 e. The zero-order valence-electron chi connectivity index (χ0n) is 30.9. The average molecular weight is 848 g/mol. The van der Waals surface area contributed by atoms with Crippen LogP contribution in [0.4, 0.5) is 0 Å². The summed E-state index contributed by atoms with van der Waals surface area (Å²) in [6, 6.07) is 3.62. The lowest BCUT2D eigenvalue weighted by Gasteiger charge is -1.95. The molecule has 18 nitrogen and oxygen atoms in total. The molecule has 0 saturated heterocycles. The maximum Gasteiger partial charge on any atom is 0.325 e. The van der Waals surface area contributed by atoms with Gasteiger partial charge in [0, 0.05) is 49.8 Å². The van der Waals surface area contributed by atoms with Gasteiger partial charge in [-0.05, 0) is 76.5 Å². The van der Waals surface area contributed by atoms with Crippen LogP contribution < -0.4 is 0 Å². The molecule has 0 radical (unpaired) electrons. The topological polar surface area (TPSA) is 251 Å². The van der Waals surface area contributed by atoms with Gasteiger partial charge < -0.3 is 15.3 Å². The van der Waals surface area contributed by atoms with Gasteiger partial charge in [-0.25, -0.2) is 0 Å². The fraction of sp³-hybridized carbons (Fsp3) is 0.364. The van der Waals surface area contributed by atoms with E-state index < -0.39 is 17.9 Å². The Labute approximate surface area is 328 Å². The van der Waals surface area contributed by atoms with Crippen LogP contribution in [0.3, 0.4) is 0 Å². The van der Waals surface area contributed by atoms with Crippen LogP contribution in [0.1, 0.15) is 56.3 Å². The predicted molar refractivity (Wildman–Crippen MR) is 205 cm³/mol. The number of hydrogen-bond acceptors (Lipinski definition) is 15. The Morgan fingerprint density at radius 2 is 1.17 bits per heavy atom. The van der Waals surface area contributed by atoms with E-state index in [0.29, 0.717) is 13.0 Å². The molecule has 0 unspecified atom stereocenters. The molecular weight excluding hydrogens is 804 g/mol. The molecule has 0 aliphatic carbocycles. The summed E-state index contributed by atoms with van der Waals surface area (Å²) in [4.78, 5) is 46.2. The first kappa shape index (κ1) is 46.6. The van der Waals surface area contributed by atoms with Gasteiger partial charge in [0.2, 0.25) is 0 Å². The number of carboxylic acid groups (broad SMARTS) is 3. The molecule has 21 heteroatoms. The number of hydrogen-bond donors (Lipinski definition) is 3. The van der Waals surface area contributed by atoms with Crippen molar-refractivity contribution in [3.05, 3.63) is 103 Å². The molecule has 0 aromatic carbocycles. The number of halogens is 1. The van der Waals surface area contributed by atoms with Gasteiger partial charge >= 0.3 is 17.9 Å². The van der Waals surface area contributed by atoms with Gasteiger partial charge in [0.25, 0.3) is 0 Å². The second kappa shape index (κ2) is 26.4. The van der Waals surface area contributed by atoms with Crippen LogP contribution in [0, 0.1) is 48.5 Å². The first-order chi connectivity index (χ1) is 25.5. The van der Waals surface area contributed by atoms with Crippen LogP contribution in [0.15, 0.2) is 59.4 Å². The van der Waals surface area contributed by atoms with Crippen LogP contribution in [0.2, 0.25) is 0 Å². The Morgan fingerprint density at radius 3 is 1.50 bits per heavy atom. The molecule has 6 aromatic rings. The molecule has 6 rings (SSSR count). The Kier molecular flexibility index (Phi) is 22.8. The average Bonchev–Trinajstić information content (AvgIpc) is 3.92. The Hall–Kier alpha value is -5.41. The fourth-order valence-electron chi connectivity index (χ4n) is 3.24. The van der Waals surface area contributed by atoms with Crippen molar-refractivity contribution in [2.45, 2.75) is 80.8 Å². The fourth-order valence-corrected chi connectivity index (χ4v) is 5.14. The van der Waals surface area contributed by atoms with Crippen LogP contribution in [-0.4, -0.2) is 93.1 Å².